The second-order valence-electron chi connectivity index (χ2n) is 5.07. The number of aromatic nitrogens is 4. The molecule has 112 valence electrons. The number of rotatable bonds is 3. The number of nitrogens with one attached hydrogen (secondary N) is 2. The van der Waals surface area contributed by atoms with Gasteiger partial charge in [0.25, 0.3) is 5.91 Å². The predicted octanol–water partition coefficient (Wildman–Crippen LogP) is 3.00. The summed E-state index contributed by atoms with van der Waals surface area (Å²) < 4.78 is 1.74. The number of amides is 1. The standard InChI is InChI=1S/C17H13N5O/c23-17(16-14-7-1-2-8-15(14)20-21-16)19-12-5-3-6-13(11-12)22-10-4-9-18-22/h1-11H,(H,19,23)(H,20,21). The van der Waals surface area contributed by atoms with Gasteiger partial charge < -0.3 is 5.32 Å². The summed E-state index contributed by atoms with van der Waals surface area (Å²) in [5, 5.41) is 14.8. The zero-order valence-electron chi connectivity index (χ0n) is 12.1. The first-order chi connectivity index (χ1) is 11.3. The lowest BCUT2D eigenvalue weighted by Gasteiger charge is -2.06. The van der Waals surface area contributed by atoms with Crippen molar-refractivity contribution in [1.29, 1.82) is 0 Å². The van der Waals surface area contributed by atoms with Crippen LogP contribution in [0.5, 0.6) is 0 Å². The Bertz CT molecular complexity index is 972. The summed E-state index contributed by atoms with van der Waals surface area (Å²) in [6.45, 7) is 0. The van der Waals surface area contributed by atoms with Crippen LogP contribution in [0.25, 0.3) is 16.6 Å². The Balaban J connectivity index is 1.63. The van der Waals surface area contributed by atoms with Crippen LogP contribution in [0.15, 0.2) is 67.0 Å². The molecule has 4 rings (SSSR count). The minimum absolute atomic E-state index is 0.250. The number of hydrogen-bond donors (Lipinski definition) is 2. The van der Waals surface area contributed by atoms with Gasteiger partial charge in [-0.2, -0.15) is 10.2 Å². The van der Waals surface area contributed by atoms with E-state index in [4.69, 9.17) is 0 Å². The van der Waals surface area contributed by atoms with Crippen LogP contribution in [-0.4, -0.2) is 25.9 Å². The van der Waals surface area contributed by atoms with Gasteiger partial charge in [-0.3, -0.25) is 9.89 Å². The third kappa shape index (κ3) is 2.46. The lowest BCUT2D eigenvalue weighted by molar-refractivity contribution is 0.102. The average Bonchev–Trinajstić information content (AvgIpc) is 3.25. The smallest absolute Gasteiger partial charge is 0.276 e. The lowest BCUT2D eigenvalue weighted by atomic mass is 10.2. The van der Waals surface area contributed by atoms with Crippen molar-refractivity contribution in [2.45, 2.75) is 0 Å². The van der Waals surface area contributed by atoms with Crippen LogP contribution in [0.3, 0.4) is 0 Å². The van der Waals surface area contributed by atoms with Crippen LogP contribution in [0.4, 0.5) is 5.69 Å². The highest BCUT2D eigenvalue weighted by atomic mass is 16.1. The summed E-state index contributed by atoms with van der Waals surface area (Å²) in [5.74, 6) is -0.250. The SMILES string of the molecule is O=C(Nc1cccc(-n2cccn2)c1)c1n[nH]c2ccccc12. The van der Waals surface area contributed by atoms with Gasteiger partial charge >= 0.3 is 0 Å². The summed E-state index contributed by atoms with van der Waals surface area (Å²) in [5.41, 5.74) is 2.78. The molecule has 1 amide bonds. The molecular formula is C17H13N5O. The predicted molar refractivity (Wildman–Crippen MR) is 87.6 cm³/mol. The molecule has 0 spiro atoms. The number of H-pyrrole nitrogens is 1. The van der Waals surface area contributed by atoms with Crippen molar-refractivity contribution < 1.29 is 4.79 Å². The third-order valence-corrected chi connectivity index (χ3v) is 3.56. The molecule has 0 unspecified atom stereocenters. The van der Waals surface area contributed by atoms with E-state index in [1.54, 1.807) is 10.9 Å². The highest BCUT2D eigenvalue weighted by Gasteiger charge is 2.14. The van der Waals surface area contributed by atoms with Crippen molar-refractivity contribution in [2.75, 3.05) is 5.32 Å². The topological polar surface area (TPSA) is 75.6 Å². The van der Waals surface area contributed by atoms with E-state index >= 15 is 0 Å². The molecule has 23 heavy (non-hydrogen) atoms. The number of benzene rings is 2. The van der Waals surface area contributed by atoms with E-state index in [1.807, 2.05) is 60.8 Å². The number of anilines is 1. The van der Waals surface area contributed by atoms with Gasteiger partial charge in [-0.15, -0.1) is 0 Å². The Morgan fingerprint density at radius 3 is 2.87 bits per heavy atom. The molecule has 0 aliphatic carbocycles. The Hall–Kier alpha value is -3.41. The van der Waals surface area contributed by atoms with Crippen LogP contribution in [0.1, 0.15) is 10.5 Å². The summed E-state index contributed by atoms with van der Waals surface area (Å²) in [4.78, 5) is 12.5. The summed E-state index contributed by atoms with van der Waals surface area (Å²) in [6.07, 6.45) is 3.56. The van der Waals surface area contributed by atoms with Gasteiger partial charge in [-0.25, -0.2) is 4.68 Å². The minimum Gasteiger partial charge on any atom is -0.321 e. The van der Waals surface area contributed by atoms with Gasteiger partial charge in [0.15, 0.2) is 5.69 Å². The molecule has 2 aromatic heterocycles. The Morgan fingerprint density at radius 1 is 1.09 bits per heavy atom. The quantitative estimate of drug-likeness (QED) is 0.611. The van der Waals surface area contributed by atoms with E-state index < -0.39 is 0 Å². The number of para-hydroxylation sites is 1. The molecule has 2 N–H and O–H groups in total. The van der Waals surface area contributed by atoms with E-state index in [0.717, 1.165) is 16.6 Å². The van der Waals surface area contributed by atoms with Crippen molar-refractivity contribution >= 4 is 22.5 Å². The van der Waals surface area contributed by atoms with Crippen molar-refractivity contribution in [1.82, 2.24) is 20.0 Å². The molecule has 0 bridgehead atoms. The van der Waals surface area contributed by atoms with Crippen LogP contribution in [0, 0.1) is 0 Å². The number of aromatic amines is 1. The van der Waals surface area contributed by atoms with E-state index in [2.05, 4.69) is 20.6 Å². The van der Waals surface area contributed by atoms with E-state index in [1.165, 1.54) is 0 Å². The molecule has 0 saturated heterocycles. The van der Waals surface area contributed by atoms with Crippen LogP contribution in [0.2, 0.25) is 0 Å². The highest BCUT2D eigenvalue weighted by molar-refractivity contribution is 6.11. The molecule has 6 heteroatoms. The fourth-order valence-corrected chi connectivity index (χ4v) is 2.47. The van der Waals surface area contributed by atoms with Gasteiger partial charge in [0, 0.05) is 23.5 Å². The third-order valence-electron chi connectivity index (χ3n) is 3.56. The van der Waals surface area contributed by atoms with Crippen LogP contribution in [-0.2, 0) is 0 Å². The first kappa shape index (κ1) is 13.3. The van der Waals surface area contributed by atoms with Crippen LogP contribution < -0.4 is 5.32 Å². The molecule has 2 heterocycles. The summed E-state index contributed by atoms with van der Waals surface area (Å²) >= 11 is 0. The molecule has 0 aliphatic rings. The number of carbonyl (C=O) groups is 1. The zero-order chi connectivity index (χ0) is 15.6. The number of hydrogen-bond acceptors (Lipinski definition) is 3. The van der Waals surface area contributed by atoms with Crippen molar-refractivity contribution in [3.05, 3.63) is 72.7 Å². The molecule has 0 fully saturated rings. The zero-order valence-corrected chi connectivity index (χ0v) is 12.1. The van der Waals surface area contributed by atoms with Crippen molar-refractivity contribution in [3.8, 4) is 5.69 Å². The Morgan fingerprint density at radius 2 is 2.00 bits per heavy atom. The minimum atomic E-state index is -0.250. The first-order valence-electron chi connectivity index (χ1n) is 7.16. The summed E-state index contributed by atoms with van der Waals surface area (Å²) in [6, 6.07) is 16.9. The molecule has 0 aliphatic heterocycles. The van der Waals surface area contributed by atoms with Gasteiger partial charge in [-0.1, -0.05) is 24.3 Å². The highest BCUT2D eigenvalue weighted by Crippen LogP contribution is 2.18. The van der Waals surface area contributed by atoms with Gasteiger partial charge in [0.05, 0.1) is 11.2 Å². The maximum absolute atomic E-state index is 12.5. The average molecular weight is 303 g/mol. The Kier molecular flexibility index (Phi) is 3.12. The Labute approximate surface area is 131 Å². The molecule has 0 atom stereocenters. The first-order valence-corrected chi connectivity index (χ1v) is 7.16. The second-order valence-corrected chi connectivity index (χ2v) is 5.07. The van der Waals surface area contributed by atoms with Crippen molar-refractivity contribution in [2.24, 2.45) is 0 Å². The van der Waals surface area contributed by atoms with E-state index in [9.17, 15) is 4.79 Å². The van der Waals surface area contributed by atoms with Gasteiger partial charge in [-0.05, 0) is 30.3 Å². The maximum Gasteiger partial charge on any atom is 0.276 e. The molecule has 2 aromatic carbocycles. The summed E-state index contributed by atoms with van der Waals surface area (Å²) in [7, 11) is 0. The number of carbonyl (C=O) groups excluding carboxylic acids is 1. The van der Waals surface area contributed by atoms with Crippen LogP contribution >= 0.6 is 0 Å². The molecule has 0 radical (unpaired) electrons. The van der Waals surface area contributed by atoms with E-state index in [0.29, 0.717) is 11.4 Å². The largest absolute Gasteiger partial charge is 0.321 e. The molecular weight excluding hydrogens is 290 g/mol. The molecule has 6 nitrogen and oxygen atoms in total. The number of fused-ring (bicyclic) bond motifs is 1. The number of nitrogens with zero attached hydrogens (tertiary/aromatic N) is 3. The molecule has 0 saturated carbocycles. The fourth-order valence-electron chi connectivity index (χ4n) is 2.47. The monoisotopic (exact) mass is 303 g/mol. The second kappa shape index (κ2) is 5.42. The van der Waals surface area contributed by atoms with Gasteiger partial charge in [0.2, 0.25) is 0 Å². The van der Waals surface area contributed by atoms with Crippen molar-refractivity contribution in [3.63, 3.8) is 0 Å². The fraction of sp³-hybridized carbons (Fsp3) is 0. The van der Waals surface area contributed by atoms with Gasteiger partial charge in [0.1, 0.15) is 0 Å². The molecule has 4 aromatic rings. The maximum atomic E-state index is 12.5. The van der Waals surface area contributed by atoms with E-state index in [-0.39, 0.29) is 5.91 Å². The lowest BCUT2D eigenvalue weighted by Crippen LogP contribution is -2.13. The normalized spacial score (nSPS) is 10.8.